The molecule has 1 saturated heterocycles. The van der Waals surface area contributed by atoms with Crippen LogP contribution in [0.25, 0.3) is 0 Å². The number of nitrogens with zero attached hydrogens (tertiary/aromatic N) is 1. The summed E-state index contributed by atoms with van der Waals surface area (Å²) in [5.74, 6) is 0. The molecule has 0 aromatic carbocycles. The second-order valence-electron chi connectivity index (χ2n) is 2.57. The van der Waals surface area contributed by atoms with Crippen molar-refractivity contribution in [3.05, 3.63) is 0 Å². The quantitative estimate of drug-likeness (QED) is 0.377. The topological polar surface area (TPSA) is 40.5 Å². The van der Waals surface area contributed by atoms with E-state index in [2.05, 4.69) is 0 Å². The van der Waals surface area contributed by atoms with E-state index in [1.807, 2.05) is 0 Å². The predicted octanol–water partition coefficient (Wildman–Crippen LogP) is -0.906. The zero-order chi connectivity index (χ0) is 7.56. The summed E-state index contributed by atoms with van der Waals surface area (Å²) in [6.45, 7) is 0.695. The van der Waals surface area contributed by atoms with Crippen LogP contribution in [0.2, 0.25) is 0 Å². The van der Waals surface area contributed by atoms with Gasteiger partial charge < -0.3 is 14.7 Å². The second-order valence-corrected chi connectivity index (χ2v) is 2.57. The third kappa shape index (κ3) is 1.38. The molecule has 0 spiro atoms. The summed E-state index contributed by atoms with van der Waals surface area (Å²) in [6, 6.07) is -0.492. The van der Waals surface area contributed by atoms with Crippen molar-refractivity contribution in [3.8, 4) is 0 Å². The van der Waals surface area contributed by atoms with Crippen molar-refractivity contribution in [1.29, 1.82) is 0 Å². The van der Waals surface area contributed by atoms with Crippen LogP contribution in [0, 0.1) is 0 Å². The van der Waals surface area contributed by atoms with Crippen LogP contribution in [-0.4, -0.2) is 42.9 Å². The minimum absolute atomic E-state index is 0.492. The summed E-state index contributed by atoms with van der Waals surface area (Å²) >= 11 is 0. The van der Waals surface area contributed by atoms with Crippen LogP contribution >= 0.6 is 0 Å². The van der Waals surface area contributed by atoms with Gasteiger partial charge in [0.05, 0.1) is 12.1 Å². The summed E-state index contributed by atoms with van der Waals surface area (Å²) in [7, 11) is 5.42. The van der Waals surface area contributed by atoms with Gasteiger partial charge in [-0.1, -0.05) is 0 Å². The molecule has 3 nitrogen and oxygen atoms in total. The van der Waals surface area contributed by atoms with Crippen LogP contribution in [0.4, 0.5) is 0 Å². The normalized spacial score (nSPS) is 35.7. The highest BCUT2D eigenvalue weighted by Crippen LogP contribution is 2.13. The third-order valence-electron chi connectivity index (χ3n) is 1.83. The van der Waals surface area contributed by atoms with Gasteiger partial charge in [-0.2, -0.15) is 0 Å². The Morgan fingerprint density at radius 2 is 2.40 bits per heavy atom. The molecular formula is C6H10BNO2. The molecule has 1 rings (SSSR count). The van der Waals surface area contributed by atoms with Crippen molar-refractivity contribution >= 4 is 14.3 Å². The minimum Gasteiger partial charge on any atom is -0.391 e. The van der Waals surface area contributed by atoms with Gasteiger partial charge in [0.1, 0.15) is 6.29 Å². The molecule has 1 aliphatic rings. The average Bonchev–Trinajstić information content (AvgIpc) is 1.88. The number of hydrogen-bond donors (Lipinski definition) is 1. The summed E-state index contributed by atoms with van der Waals surface area (Å²) in [5, 5.41) is 9.19. The molecule has 0 amide bonds. The summed E-state index contributed by atoms with van der Waals surface area (Å²) in [6.07, 6.45) is 1.67. The summed E-state index contributed by atoms with van der Waals surface area (Å²) in [4.78, 5) is 11.7. The van der Waals surface area contributed by atoms with E-state index < -0.39 is 12.1 Å². The lowest BCUT2D eigenvalue weighted by molar-refractivity contribution is -0.115. The highest BCUT2D eigenvalue weighted by Gasteiger charge is 2.25. The lowest BCUT2D eigenvalue weighted by atomic mass is 9.97. The Kier molecular flexibility index (Phi) is 2.46. The van der Waals surface area contributed by atoms with Gasteiger partial charge in [-0.25, -0.2) is 0 Å². The van der Waals surface area contributed by atoms with Crippen molar-refractivity contribution in [3.63, 3.8) is 0 Å². The molecule has 0 aromatic heterocycles. The zero-order valence-corrected chi connectivity index (χ0v) is 5.73. The number of carbonyl (C=O) groups is 1. The molecule has 4 heteroatoms. The van der Waals surface area contributed by atoms with Crippen molar-refractivity contribution < 1.29 is 9.90 Å². The van der Waals surface area contributed by atoms with E-state index in [9.17, 15) is 9.90 Å². The molecule has 2 radical (unpaired) electrons. The van der Waals surface area contributed by atoms with E-state index in [0.717, 1.165) is 6.42 Å². The fraction of sp³-hybridized carbons (Fsp3) is 0.833. The van der Waals surface area contributed by atoms with Crippen LogP contribution < -0.4 is 0 Å². The molecule has 1 fully saturated rings. The average molecular weight is 139 g/mol. The van der Waals surface area contributed by atoms with E-state index in [1.54, 1.807) is 0 Å². The number of piperidine rings is 1. The van der Waals surface area contributed by atoms with Crippen LogP contribution in [0.5, 0.6) is 0 Å². The van der Waals surface area contributed by atoms with Crippen LogP contribution in [-0.2, 0) is 4.79 Å². The molecule has 1 aliphatic heterocycles. The van der Waals surface area contributed by atoms with Crippen LogP contribution in [0.3, 0.4) is 0 Å². The number of carbonyl (C=O) groups excluding carboxylic acids is 1. The van der Waals surface area contributed by atoms with Gasteiger partial charge in [-0.15, -0.1) is 0 Å². The maximum atomic E-state index is 10.3. The first-order chi connectivity index (χ1) is 4.75. The fourth-order valence-electron chi connectivity index (χ4n) is 1.19. The van der Waals surface area contributed by atoms with Crippen LogP contribution in [0.15, 0.2) is 0 Å². The van der Waals surface area contributed by atoms with E-state index in [1.165, 1.54) is 4.81 Å². The maximum absolute atomic E-state index is 10.3. The molecule has 0 bridgehead atoms. The van der Waals surface area contributed by atoms with Gasteiger partial charge in [0.15, 0.2) is 7.98 Å². The van der Waals surface area contributed by atoms with Crippen molar-refractivity contribution in [2.24, 2.45) is 0 Å². The number of rotatable bonds is 1. The van der Waals surface area contributed by atoms with Gasteiger partial charge in [0.25, 0.3) is 0 Å². The van der Waals surface area contributed by atoms with E-state index in [0.29, 0.717) is 19.3 Å². The molecule has 0 aliphatic carbocycles. The molecule has 1 heterocycles. The monoisotopic (exact) mass is 139 g/mol. The molecule has 1 N–H and O–H groups in total. The molecule has 54 valence electrons. The fourth-order valence-corrected chi connectivity index (χ4v) is 1.19. The highest BCUT2D eigenvalue weighted by molar-refractivity contribution is 6.05. The van der Waals surface area contributed by atoms with Gasteiger partial charge in [0, 0.05) is 0 Å². The summed E-state index contributed by atoms with van der Waals surface area (Å²) < 4.78 is 0. The Morgan fingerprint density at radius 1 is 1.70 bits per heavy atom. The van der Waals surface area contributed by atoms with Crippen molar-refractivity contribution in [2.45, 2.75) is 25.0 Å². The molecule has 0 saturated carbocycles. The Balaban J connectivity index is 2.53. The molecule has 10 heavy (non-hydrogen) atoms. The van der Waals surface area contributed by atoms with Crippen molar-refractivity contribution in [1.82, 2.24) is 4.81 Å². The molecule has 2 unspecified atom stereocenters. The zero-order valence-electron chi connectivity index (χ0n) is 5.73. The standard InChI is InChI=1S/C6H10BNO2/c7-8-3-1-2-6(10)5(8)4-9/h4-6,10H,1-3H2. The minimum atomic E-state index is -0.573. The van der Waals surface area contributed by atoms with Gasteiger partial charge in [0.2, 0.25) is 0 Å². The first-order valence-corrected chi connectivity index (χ1v) is 3.40. The van der Waals surface area contributed by atoms with E-state index in [-0.39, 0.29) is 0 Å². The number of aliphatic hydroxyl groups excluding tert-OH is 1. The van der Waals surface area contributed by atoms with Gasteiger partial charge >= 0.3 is 0 Å². The largest absolute Gasteiger partial charge is 0.391 e. The maximum Gasteiger partial charge on any atom is 0.183 e. The Bertz CT molecular complexity index is 121. The summed E-state index contributed by atoms with van der Waals surface area (Å²) in [5.41, 5.74) is 0. The smallest absolute Gasteiger partial charge is 0.183 e. The third-order valence-corrected chi connectivity index (χ3v) is 1.83. The Labute approximate surface area is 61.4 Å². The lowest BCUT2D eigenvalue weighted by Crippen LogP contribution is -2.47. The predicted molar refractivity (Wildman–Crippen MR) is 37.6 cm³/mol. The van der Waals surface area contributed by atoms with Crippen LogP contribution in [0.1, 0.15) is 12.8 Å². The number of aldehydes is 1. The number of aliphatic hydroxyl groups is 1. The van der Waals surface area contributed by atoms with Gasteiger partial charge in [-0.05, 0) is 19.4 Å². The Hall–Kier alpha value is -0.345. The lowest BCUT2D eigenvalue weighted by Gasteiger charge is -2.33. The highest BCUT2D eigenvalue weighted by atomic mass is 16.3. The molecule has 0 aromatic rings. The molecular weight excluding hydrogens is 129 g/mol. The van der Waals surface area contributed by atoms with E-state index >= 15 is 0 Å². The number of hydrogen-bond acceptors (Lipinski definition) is 3. The Morgan fingerprint density at radius 3 is 2.80 bits per heavy atom. The first-order valence-electron chi connectivity index (χ1n) is 3.40. The SMILES string of the molecule is [B]N1CCCC(O)C1C=O. The van der Waals surface area contributed by atoms with Gasteiger partial charge in [-0.3, -0.25) is 0 Å². The molecule has 2 atom stereocenters. The first kappa shape index (κ1) is 7.76. The van der Waals surface area contributed by atoms with E-state index in [4.69, 9.17) is 7.98 Å². The second kappa shape index (κ2) is 3.17. The van der Waals surface area contributed by atoms with Crippen molar-refractivity contribution in [2.75, 3.05) is 6.54 Å².